The molecule has 0 saturated carbocycles. The summed E-state index contributed by atoms with van der Waals surface area (Å²) in [6.45, 7) is 2.41. The van der Waals surface area contributed by atoms with Crippen molar-refractivity contribution >= 4 is 11.7 Å². The van der Waals surface area contributed by atoms with Crippen molar-refractivity contribution in [3.8, 4) is 23.0 Å². The van der Waals surface area contributed by atoms with Crippen LogP contribution in [0.1, 0.15) is 6.92 Å². The fraction of sp³-hybridized carbons (Fsp3) is 0.278. The normalized spacial score (nSPS) is 9.88. The molecule has 2 aromatic carbocycles. The van der Waals surface area contributed by atoms with Gasteiger partial charge in [0.25, 0.3) is 0 Å². The van der Waals surface area contributed by atoms with E-state index in [1.165, 1.54) is 7.11 Å². The summed E-state index contributed by atoms with van der Waals surface area (Å²) in [6.07, 6.45) is 0. The minimum atomic E-state index is -0.430. The van der Waals surface area contributed by atoms with Crippen molar-refractivity contribution in [3.05, 3.63) is 42.5 Å². The number of carbonyl (C=O) groups is 1. The van der Waals surface area contributed by atoms with Crippen molar-refractivity contribution in [1.29, 1.82) is 0 Å². The highest BCUT2D eigenvalue weighted by atomic mass is 16.5. The van der Waals surface area contributed by atoms with Gasteiger partial charge in [0.15, 0.2) is 18.2 Å². The molecule has 2 rings (SSSR count). The molecule has 134 valence electrons. The Labute approximate surface area is 146 Å². The SMILES string of the molecule is CCOc1ccccc1OCNC(=O)Nc1cc(OC)ccc1OC. The quantitative estimate of drug-likeness (QED) is 0.718. The van der Waals surface area contributed by atoms with E-state index in [2.05, 4.69) is 10.6 Å². The molecule has 0 bridgehead atoms. The van der Waals surface area contributed by atoms with Crippen molar-refractivity contribution in [1.82, 2.24) is 5.32 Å². The first kappa shape index (κ1) is 18.3. The van der Waals surface area contributed by atoms with Crippen LogP contribution in [0.4, 0.5) is 10.5 Å². The van der Waals surface area contributed by atoms with Crippen molar-refractivity contribution in [2.24, 2.45) is 0 Å². The minimum absolute atomic E-state index is 0.0117. The number of methoxy groups -OCH3 is 2. The van der Waals surface area contributed by atoms with Crippen LogP contribution in [0.5, 0.6) is 23.0 Å². The van der Waals surface area contributed by atoms with Crippen molar-refractivity contribution in [3.63, 3.8) is 0 Å². The lowest BCUT2D eigenvalue weighted by molar-refractivity contribution is 0.229. The Bertz CT molecular complexity index is 706. The maximum Gasteiger partial charge on any atom is 0.321 e. The molecule has 7 heteroatoms. The highest BCUT2D eigenvalue weighted by molar-refractivity contribution is 5.91. The minimum Gasteiger partial charge on any atom is -0.497 e. The van der Waals surface area contributed by atoms with E-state index in [9.17, 15) is 4.79 Å². The summed E-state index contributed by atoms with van der Waals surface area (Å²) in [5.41, 5.74) is 0.495. The summed E-state index contributed by atoms with van der Waals surface area (Å²) in [7, 11) is 3.08. The topological polar surface area (TPSA) is 78.1 Å². The lowest BCUT2D eigenvalue weighted by Crippen LogP contribution is -2.32. The Morgan fingerprint density at radius 3 is 2.32 bits per heavy atom. The van der Waals surface area contributed by atoms with Gasteiger partial charge in [-0.1, -0.05) is 12.1 Å². The molecule has 0 aliphatic heterocycles. The first-order chi connectivity index (χ1) is 12.2. The number of carbonyl (C=O) groups excluding carboxylic acids is 1. The first-order valence-electron chi connectivity index (χ1n) is 7.79. The van der Waals surface area contributed by atoms with E-state index in [-0.39, 0.29) is 6.73 Å². The molecule has 2 N–H and O–H groups in total. The second-order valence-electron chi connectivity index (χ2n) is 4.87. The van der Waals surface area contributed by atoms with Crippen molar-refractivity contribution < 1.29 is 23.7 Å². The average Bonchev–Trinajstić information content (AvgIpc) is 2.63. The second-order valence-corrected chi connectivity index (χ2v) is 4.87. The predicted molar refractivity (Wildman–Crippen MR) is 94.8 cm³/mol. The van der Waals surface area contributed by atoms with E-state index < -0.39 is 6.03 Å². The van der Waals surface area contributed by atoms with Crippen LogP contribution in [-0.2, 0) is 0 Å². The number of urea groups is 1. The third-order valence-electron chi connectivity index (χ3n) is 3.26. The van der Waals surface area contributed by atoms with Crippen LogP contribution >= 0.6 is 0 Å². The Kier molecular flexibility index (Phi) is 6.76. The maximum atomic E-state index is 12.1. The third kappa shape index (κ3) is 5.20. The Balaban J connectivity index is 1.91. The highest BCUT2D eigenvalue weighted by Crippen LogP contribution is 2.29. The van der Waals surface area contributed by atoms with Gasteiger partial charge in [-0.3, -0.25) is 0 Å². The lowest BCUT2D eigenvalue weighted by Gasteiger charge is -2.14. The highest BCUT2D eigenvalue weighted by Gasteiger charge is 2.09. The van der Waals surface area contributed by atoms with Gasteiger partial charge < -0.3 is 29.6 Å². The van der Waals surface area contributed by atoms with Gasteiger partial charge in [0.1, 0.15) is 11.5 Å². The van der Waals surface area contributed by atoms with E-state index in [1.54, 1.807) is 37.4 Å². The molecule has 2 aromatic rings. The van der Waals surface area contributed by atoms with Gasteiger partial charge in [-0.2, -0.15) is 0 Å². The molecule has 0 heterocycles. The molecule has 0 saturated heterocycles. The zero-order valence-corrected chi connectivity index (χ0v) is 14.5. The summed E-state index contributed by atoms with van der Waals surface area (Å²) in [6, 6.07) is 12.0. The van der Waals surface area contributed by atoms with Crippen LogP contribution in [0, 0.1) is 0 Å². The Hall–Kier alpha value is -3.09. The van der Waals surface area contributed by atoms with Crippen LogP contribution in [0.15, 0.2) is 42.5 Å². The van der Waals surface area contributed by atoms with E-state index in [1.807, 2.05) is 19.1 Å². The molecule has 0 fully saturated rings. The number of amides is 2. The predicted octanol–water partition coefficient (Wildman–Crippen LogP) is 3.26. The molecule has 0 radical (unpaired) electrons. The number of rotatable bonds is 8. The molecule has 0 aliphatic carbocycles. The van der Waals surface area contributed by atoms with E-state index in [0.717, 1.165) is 0 Å². The maximum absolute atomic E-state index is 12.1. The fourth-order valence-electron chi connectivity index (χ4n) is 2.10. The molecule has 7 nitrogen and oxygen atoms in total. The zero-order valence-electron chi connectivity index (χ0n) is 14.5. The van der Waals surface area contributed by atoms with Crippen LogP contribution in [0.25, 0.3) is 0 Å². The summed E-state index contributed by atoms with van der Waals surface area (Å²) in [5, 5.41) is 5.31. The molecule has 0 aliphatic rings. The number of ether oxygens (including phenoxy) is 4. The Morgan fingerprint density at radius 2 is 1.68 bits per heavy atom. The standard InChI is InChI=1S/C18H22N2O5/c1-4-24-16-7-5-6-8-17(16)25-12-19-18(21)20-14-11-13(22-2)9-10-15(14)23-3/h5-11H,4,12H2,1-3H3,(H2,19,20,21). The number of anilines is 1. The molecule has 0 spiro atoms. The van der Waals surface area contributed by atoms with Gasteiger partial charge in [0.05, 0.1) is 26.5 Å². The molecular formula is C18H22N2O5. The fourth-order valence-corrected chi connectivity index (χ4v) is 2.10. The molecule has 0 aromatic heterocycles. The largest absolute Gasteiger partial charge is 0.497 e. The number of para-hydroxylation sites is 2. The number of nitrogens with one attached hydrogen (secondary N) is 2. The van der Waals surface area contributed by atoms with Crippen LogP contribution in [0.2, 0.25) is 0 Å². The van der Waals surface area contributed by atoms with Gasteiger partial charge in [-0.05, 0) is 31.2 Å². The molecule has 25 heavy (non-hydrogen) atoms. The van der Waals surface area contributed by atoms with Gasteiger partial charge in [0, 0.05) is 6.07 Å². The van der Waals surface area contributed by atoms with E-state index in [0.29, 0.717) is 35.3 Å². The zero-order chi connectivity index (χ0) is 18.1. The van der Waals surface area contributed by atoms with Crippen LogP contribution in [0.3, 0.4) is 0 Å². The van der Waals surface area contributed by atoms with Gasteiger partial charge in [-0.15, -0.1) is 0 Å². The summed E-state index contributed by atoms with van der Waals surface area (Å²) >= 11 is 0. The molecular weight excluding hydrogens is 324 g/mol. The lowest BCUT2D eigenvalue weighted by atomic mass is 10.2. The van der Waals surface area contributed by atoms with Gasteiger partial charge >= 0.3 is 6.03 Å². The third-order valence-corrected chi connectivity index (χ3v) is 3.26. The summed E-state index contributed by atoms with van der Waals surface area (Å²) in [5.74, 6) is 2.32. The molecule has 0 atom stereocenters. The summed E-state index contributed by atoms with van der Waals surface area (Å²) < 4.78 is 21.4. The molecule has 2 amide bonds. The van der Waals surface area contributed by atoms with E-state index >= 15 is 0 Å². The number of hydrogen-bond donors (Lipinski definition) is 2. The van der Waals surface area contributed by atoms with Crippen molar-refractivity contribution in [2.45, 2.75) is 6.92 Å². The number of benzene rings is 2. The van der Waals surface area contributed by atoms with Crippen molar-refractivity contribution in [2.75, 3.05) is 32.9 Å². The average molecular weight is 346 g/mol. The van der Waals surface area contributed by atoms with E-state index in [4.69, 9.17) is 18.9 Å². The Morgan fingerprint density at radius 1 is 0.960 bits per heavy atom. The summed E-state index contributed by atoms with van der Waals surface area (Å²) in [4.78, 5) is 12.1. The van der Waals surface area contributed by atoms with Crippen LogP contribution in [-0.4, -0.2) is 33.6 Å². The van der Waals surface area contributed by atoms with Gasteiger partial charge in [-0.25, -0.2) is 4.79 Å². The smallest absolute Gasteiger partial charge is 0.321 e. The monoisotopic (exact) mass is 346 g/mol. The number of hydrogen-bond acceptors (Lipinski definition) is 5. The van der Waals surface area contributed by atoms with Crippen LogP contribution < -0.4 is 29.6 Å². The van der Waals surface area contributed by atoms with Gasteiger partial charge in [0.2, 0.25) is 0 Å². The molecule has 0 unspecified atom stereocenters. The first-order valence-corrected chi connectivity index (χ1v) is 7.79. The second kappa shape index (κ2) is 9.27.